The lowest BCUT2D eigenvalue weighted by Gasteiger charge is -2.10. The van der Waals surface area contributed by atoms with Gasteiger partial charge in [-0.3, -0.25) is 4.79 Å². The third-order valence-corrected chi connectivity index (χ3v) is 3.65. The van der Waals surface area contributed by atoms with E-state index in [9.17, 15) is 4.79 Å². The van der Waals surface area contributed by atoms with E-state index in [4.69, 9.17) is 15.2 Å². The van der Waals surface area contributed by atoms with Gasteiger partial charge in [0.25, 0.3) is 0 Å². The molecule has 0 radical (unpaired) electrons. The van der Waals surface area contributed by atoms with E-state index < -0.39 is 0 Å². The van der Waals surface area contributed by atoms with Crippen LogP contribution in [0.5, 0.6) is 5.75 Å². The number of nitrogens with two attached hydrogens (primary N) is 1. The number of nitrogens with one attached hydrogen (secondary N) is 1. The third-order valence-electron chi connectivity index (χ3n) is 2.80. The highest BCUT2D eigenvalue weighted by Gasteiger charge is 2.08. The molecule has 0 aliphatic rings. The minimum absolute atomic E-state index is 0.121. The van der Waals surface area contributed by atoms with Crippen molar-refractivity contribution in [2.75, 3.05) is 24.8 Å². The monoisotopic (exact) mass is 306 g/mol. The van der Waals surface area contributed by atoms with Crippen LogP contribution in [0.3, 0.4) is 0 Å². The third kappa shape index (κ3) is 4.77. The van der Waals surface area contributed by atoms with Gasteiger partial charge in [0.1, 0.15) is 5.75 Å². The largest absolute Gasteiger partial charge is 0.494 e. The van der Waals surface area contributed by atoms with Crippen molar-refractivity contribution in [2.45, 2.75) is 13.0 Å². The molecule has 0 unspecified atom stereocenters. The molecule has 1 heterocycles. The highest BCUT2D eigenvalue weighted by atomic mass is 32.1. The van der Waals surface area contributed by atoms with Gasteiger partial charge in [0.2, 0.25) is 5.91 Å². The summed E-state index contributed by atoms with van der Waals surface area (Å²) in [4.78, 5) is 13.0. The van der Waals surface area contributed by atoms with Crippen molar-refractivity contribution < 1.29 is 14.3 Å². The lowest BCUT2D eigenvalue weighted by atomic mass is 10.2. The summed E-state index contributed by atoms with van der Waals surface area (Å²) in [5, 5.41) is 4.78. The van der Waals surface area contributed by atoms with Gasteiger partial charge in [-0.1, -0.05) is 6.07 Å². The van der Waals surface area contributed by atoms with Gasteiger partial charge in [0, 0.05) is 16.6 Å². The van der Waals surface area contributed by atoms with Crippen molar-refractivity contribution in [1.82, 2.24) is 0 Å². The standard InChI is InChI=1S/C15H18N2O3S/c1-19-14-9-11(16)4-5-13(14)17-15(18)6-7-20-10-12-3-2-8-21-12/h2-5,8-9H,6-7,10,16H2,1H3,(H,17,18). The second-order valence-electron chi connectivity index (χ2n) is 4.39. The molecular weight excluding hydrogens is 288 g/mol. The quantitative estimate of drug-likeness (QED) is 0.609. The van der Waals surface area contributed by atoms with E-state index in [1.807, 2.05) is 17.5 Å². The molecule has 3 N–H and O–H groups in total. The molecule has 5 nitrogen and oxygen atoms in total. The second kappa shape index (κ2) is 7.66. The Morgan fingerprint density at radius 1 is 1.38 bits per heavy atom. The number of carbonyl (C=O) groups is 1. The van der Waals surface area contributed by atoms with E-state index in [2.05, 4.69) is 5.32 Å². The Morgan fingerprint density at radius 3 is 2.95 bits per heavy atom. The predicted octanol–water partition coefficient (Wildman–Crippen LogP) is 2.88. The molecule has 0 saturated heterocycles. The van der Waals surface area contributed by atoms with Crippen LogP contribution in [0, 0.1) is 0 Å². The Hall–Kier alpha value is -2.05. The van der Waals surface area contributed by atoms with Gasteiger partial charge in [0.05, 0.1) is 32.4 Å². The second-order valence-corrected chi connectivity index (χ2v) is 5.42. The average Bonchev–Trinajstić information content (AvgIpc) is 2.99. The maximum atomic E-state index is 11.9. The molecule has 1 aromatic heterocycles. The van der Waals surface area contributed by atoms with E-state index in [1.54, 1.807) is 29.5 Å². The zero-order chi connectivity index (χ0) is 15.1. The van der Waals surface area contributed by atoms with Crippen molar-refractivity contribution in [3.63, 3.8) is 0 Å². The number of methoxy groups -OCH3 is 1. The van der Waals surface area contributed by atoms with Crippen molar-refractivity contribution in [3.8, 4) is 5.75 Å². The molecule has 2 rings (SSSR count). The van der Waals surface area contributed by atoms with Crippen LogP contribution in [0.1, 0.15) is 11.3 Å². The molecule has 1 aromatic carbocycles. The van der Waals surface area contributed by atoms with Gasteiger partial charge in [-0.2, -0.15) is 0 Å². The molecule has 2 aromatic rings. The Bertz CT molecular complexity index is 585. The van der Waals surface area contributed by atoms with Crippen LogP contribution in [-0.2, 0) is 16.1 Å². The fourth-order valence-electron chi connectivity index (χ4n) is 1.76. The van der Waals surface area contributed by atoms with E-state index in [0.717, 1.165) is 4.88 Å². The number of ether oxygens (including phenoxy) is 2. The average molecular weight is 306 g/mol. The van der Waals surface area contributed by atoms with Crippen LogP contribution in [0.25, 0.3) is 0 Å². The van der Waals surface area contributed by atoms with Gasteiger partial charge in [-0.05, 0) is 23.6 Å². The lowest BCUT2D eigenvalue weighted by molar-refractivity contribution is -0.117. The number of thiophene rings is 1. The summed E-state index contributed by atoms with van der Waals surface area (Å²) in [5.74, 6) is 0.423. The summed E-state index contributed by atoms with van der Waals surface area (Å²) in [6.07, 6.45) is 0.291. The van der Waals surface area contributed by atoms with Gasteiger partial charge < -0.3 is 20.5 Å². The van der Waals surface area contributed by atoms with Gasteiger partial charge in [-0.15, -0.1) is 11.3 Å². The molecule has 0 atom stereocenters. The SMILES string of the molecule is COc1cc(N)ccc1NC(=O)CCOCc1cccs1. The molecule has 21 heavy (non-hydrogen) atoms. The van der Waals surface area contributed by atoms with E-state index in [1.165, 1.54) is 7.11 Å². The fourth-order valence-corrected chi connectivity index (χ4v) is 2.40. The minimum atomic E-state index is -0.121. The smallest absolute Gasteiger partial charge is 0.226 e. The van der Waals surface area contributed by atoms with E-state index >= 15 is 0 Å². The first kappa shape index (κ1) is 15.3. The maximum absolute atomic E-state index is 11.9. The molecule has 0 aliphatic heterocycles. The highest BCUT2D eigenvalue weighted by Crippen LogP contribution is 2.26. The Labute approximate surface area is 127 Å². The first-order valence-electron chi connectivity index (χ1n) is 6.52. The summed E-state index contributed by atoms with van der Waals surface area (Å²) < 4.78 is 10.6. The van der Waals surface area contributed by atoms with Crippen LogP contribution in [0.2, 0.25) is 0 Å². The molecular formula is C15H18N2O3S. The van der Waals surface area contributed by atoms with Crippen molar-refractivity contribution >= 4 is 28.6 Å². The zero-order valence-corrected chi connectivity index (χ0v) is 12.6. The van der Waals surface area contributed by atoms with E-state index in [0.29, 0.717) is 36.8 Å². The van der Waals surface area contributed by atoms with Crippen molar-refractivity contribution in [2.24, 2.45) is 0 Å². The topological polar surface area (TPSA) is 73.6 Å². The highest BCUT2D eigenvalue weighted by molar-refractivity contribution is 7.09. The van der Waals surface area contributed by atoms with Gasteiger partial charge in [0.15, 0.2) is 0 Å². The predicted molar refractivity (Wildman–Crippen MR) is 84.6 cm³/mol. The molecule has 0 spiro atoms. The molecule has 0 saturated carbocycles. The zero-order valence-electron chi connectivity index (χ0n) is 11.8. The summed E-state index contributed by atoms with van der Waals surface area (Å²) in [7, 11) is 1.54. The first-order chi connectivity index (χ1) is 10.2. The summed E-state index contributed by atoms with van der Waals surface area (Å²) >= 11 is 1.64. The Kier molecular flexibility index (Phi) is 5.59. The van der Waals surface area contributed by atoms with Crippen molar-refractivity contribution in [3.05, 3.63) is 40.6 Å². The molecule has 0 aliphatic carbocycles. The number of rotatable bonds is 7. The van der Waals surface area contributed by atoms with Crippen LogP contribution in [0.15, 0.2) is 35.7 Å². The van der Waals surface area contributed by atoms with Crippen LogP contribution < -0.4 is 15.8 Å². The first-order valence-corrected chi connectivity index (χ1v) is 7.40. The summed E-state index contributed by atoms with van der Waals surface area (Å²) in [6.45, 7) is 0.914. The Balaban J connectivity index is 1.76. The summed E-state index contributed by atoms with van der Waals surface area (Å²) in [5.41, 5.74) is 6.86. The van der Waals surface area contributed by atoms with E-state index in [-0.39, 0.29) is 5.91 Å². The lowest BCUT2D eigenvalue weighted by Crippen LogP contribution is -2.14. The number of amides is 1. The number of benzene rings is 1. The maximum Gasteiger partial charge on any atom is 0.226 e. The number of carbonyl (C=O) groups excluding carboxylic acids is 1. The van der Waals surface area contributed by atoms with Crippen molar-refractivity contribution in [1.29, 1.82) is 0 Å². The fraction of sp³-hybridized carbons (Fsp3) is 0.267. The molecule has 6 heteroatoms. The molecule has 0 bridgehead atoms. The number of anilines is 2. The van der Waals surface area contributed by atoms with Crippen LogP contribution in [0.4, 0.5) is 11.4 Å². The van der Waals surface area contributed by atoms with Crippen LogP contribution in [-0.4, -0.2) is 19.6 Å². The Morgan fingerprint density at radius 2 is 2.24 bits per heavy atom. The number of nitrogen functional groups attached to an aromatic ring is 1. The number of hydrogen-bond acceptors (Lipinski definition) is 5. The van der Waals surface area contributed by atoms with Gasteiger partial charge >= 0.3 is 0 Å². The van der Waals surface area contributed by atoms with Gasteiger partial charge in [-0.25, -0.2) is 0 Å². The number of hydrogen-bond donors (Lipinski definition) is 2. The molecule has 1 amide bonds. The summed E-state index contributed by atoms with van der Waals surface area (Å²) in [6, 6.07) is 9.08. The minimum Gasteiger partial charge on any atom is -0.494 e. The van der Waals surface area contributed by atoms with Crippen LogP contribution >= 0.6 is 11.3 Å². The normalized spacial score (nSPS) is 10.3. The molecule has 112 valence electrons. The molecule has 0 fully saturated rings.